The summed E-state index contributed by atoms with van der Waals surface area (Å²) >= 11 is 1.40. The molecule has 0 N–H and O–H groups in total. The molecule has 0 unspecified atom stereocenters. The molecule has 0 radical (unpaired) electrons. The number of amides is 1. The van der Waals surface area contributed by atoms with Gasteiger partial charge in [0.05, 0.1) is 5.75 Å². The van der Waals surface area contributed by atoms with Crippen LogP contribution in [0.25, 0.3) is 0 Å². The Kier molecular flexibility index (Phi) is 5.48. The summed E-state index contributed by atoms with van der Waals surface area (Å²) in [7, 11) is -1.46. The van der Waals surface area contributed by atoms with E-state index in [1.54, 1.807) is 15.4 Å². The van der Waals surface area contributed by atoms with Gasteiger partial charge in [-0.05, 0) is 12.8 Å². The third-order valence-electron chi connectivity index (χ3n) is 4.41. The van der Waals surface area contributed by atoms with Crippen LogP contribution in [0.3, 0.4) is 0 Å². The summed E-state index contributed by atoms with van der Waals surface area (Å²) in [5, 5.41) is 0.804. The van der Waals surface area contributed by atoms with Crippen LogP contribution in [0.4, 0.5) is 0 Å². The smallest absolute Gasteiger partial charge is 0.282 e. The Morgan fingerprint density at radius 1 is 1.12 bits per heavy atom. The molecule has 1 aromatic rings. The van der Waals surface area contributed by atoms with Crippen LogP contribution in [0.1, 0.15) is 12.8 Å². The van der Waals surface area contributed by atoms with Crippen LogP contribution in [0, 0.1) is 0 Å². The fourth-order valence-corrected chi connectivity index (χ4v) is 5.46. The molecule has 2 fully saturated rings. The third-order valence-corrected chi connectivity index (χ3v) is 7.49. The molecule has 0 saturated carbocycles. The van der Waals surface area contributed by atoms with Gasteiger partial charge in [0.2, 0.25) is 5.91 Å². The van der Waals surface area contributed by atoms with Crippen LogP contribution < -0.4 is 0 Å². The fraction of sp³-hybridized carbons (Fsp3) is 0.714. The zero-order valence-electron chi connectivity index (χ0n) is 13.8. The van der Waals surface area contributed by atoms with E-state index in [4.69, 9.17) is 0 Å². The van der Waals surface area contributed by atoms with Crippen molar-refractivity contribution >= 4 is 27.9 Å². The fourth-order valence-electron chi connectivity index (χ4n) is 2.96. The van der Waals surface area contributed by atoms with Gasteiger partial charge in [-0.2, -0.15) is 17.0 Å². The van der Waals surface area contributed by atoms with Crippen molar-refractivity contribution in [2.75, 3.05) is 45.0 Å². The molecular weight excluding hydrogens is 350 g/mol. The van der Waals surface area contributed by atoms with Crippen LogP contribution in [-0.2, 0) is 22.1 Å². The van der Waals surface area contributed by atoms with Gasteiger partial charge < -0.3 is 9.47 Å². The van der Waals surface area contributed by atoms with Crippen molar-refractivity contribution in [3.05, 3.63) is 12.4 Å². The van der Waals surface area contributed by atoms with Gasteiger partial charge in [0.1, 0.15) is 0 Å². The maximum absolute atomic E-state index is 12.5. The Balaban J connectivity index is 1.49. The lowest BCUT2D eigenvalue weighted by Gasteiger charge is -2.35. The quantitative estimate of drug-likeness (QED) is 0.679. The summed E-state index contributed by atoms with van der Waals surface area (Å²) in [6.45, 7) is 2.87. The van der Waals surface area contributed by atoms with Gasteiger partial charge in [-0.3, -0.25) is 4.79 Å². The molecule has 0 bridgehead atoms. The van der Waals surface area contributed by atoms with Gasteiger partial charge in [-0.15, -0.1) is 0 Å². The zero-order chi connectivity index (χ0) is 17.2. The van der Waals surface area contributed by atoms with E-state index in [0.29, 0.717) is 45.0 Å². The highest BCUT2D eigenvalue weighted by molar-refractivity contribution is 7.99. The largest absolute Gasteiger partial charge is 0.339 e. The lowest BCUT2D eigenvalue weighted by Crippen LogP contribution is -2.54. The lowest BCUT2D eigenvalue weighted by atomic mass is 10.3. The maximum atomic E-state index is 12.5. The van der Waals surface area contributed by atoms with Gasteiger partial charge >= 0.3 is 0 Å². The monoisotopic (exact) mass is 373 g/mol. The van der Waals surface area contributed by atoms with Gasteiger partial charge in [0, 0.05) is 58.7 Å². The number of nitrogens with zero attached hydrogens (tertiary/aromatic N) is 5. The predicted octanol–water partition coefficient (Wildman–Crippen LogP) is -0.00300. The molecule has 2 aliphatic heterocycles. The van der Waals surface area contributed by atoms with Crippen LogP contribution in [0.2, 0.25) is 0 Å². The van der Waals surface area contributed by atoms with Crippen molar-refractivity contribution < 1.29 is 13.2 Å². The number of imidazole rings is 1. The number of hydrogen-bond acceptors (Lipinski definition) is 5. The number of rotatable bonds is 5. The summed E-state index contributed by atoms with van der Waals surface area (Å²) in [4.78, 5) is 18.2. The second-order valence-electron chi connectivity index (χ2n) is 6.00. The molecule has 3 heterocycles. The molecule has 0 spiro atoms. The topological polar surface area (TPSA) is 78.8 Å². The first-order valence-corrected chi connectivity index (χ1v) is 10.5. The molecule has 24 heavy (non-hydrogen) atoms. The predicted molar refractivity (Wildman–Crippen MR) is 91.8 cm³/mol. The summed E-state index contributed by atoms with van der Waals surface area (Å²) in [6.07, 6.45) is 5.41. The first-order chi connectivity index (χ1) is 11.5. The van der Waals surface area contributed by atoms with Crippen molar-refractivity contribution in [3.63, 3.8) is 0 Å². The molecular formula is C14H23N5O3S2. The van der Waals surface area contributed by atoms with Crippen molar-refractivity contribution in [3.8, 4) is 0 Å². The number of carbonyl (C=O) groups is 1. The SMILES string of the molecule is Cn1ccnc1SCC(=O)N1CCN(S(=O)(=O)N2CCCC2)CC1. The first-order valence-electron chi connectivity index (χ1n) is 8.11. The molecule has 134 valence electrons. The highest BCUT2D eigenvalue weighted by Crippen LogP contribution is 2.19. The van der Waals surface area contributed by atoms with E-state index in [-0.39, 0.29) is 5.91 Å². The number of carbonyl (C=O) groups excluding carboxylic acids is 1. The number of hydrogen-bond donors (Lipinski definition) is 0. The Labute approximate surface area is 147 Å². The van der Waals surface area contributed by atoms with E-state index in [0.717, 1.165) is 18.0 Å². The van der Waals surface area contributed by atoms with Crippen molar-refractivity contribution in [2.24, 2.45) is 7.05 Å². The Hall–Kier alpha value is -1.10. The highest BCUT2D eigenvalue weighted by Gasteiger charge is 2.34. The average molecular weight is 374 g/mol. The number of piperazine rings is 1. The molecule has 1 amide bonds. The van der Waals surface area contributed by atoms with Gasteiger partial charge in [-0.1, -0.05) is 11.8 Å². The number of aromatic nitrogens is 2. The molecule has 0 aliphatic carbocycles. The minimum atomic E-state index is -3.35. The van der Waals surface area contributed by atoms with E-state index in [2.05, 4.69) is 4.98 Å². The summed E-state index contributed by atoms with van der Waals surface area (Å²) < 4.78 is 30.0. The molecule has 2 saturated heterocycles. The van der Waals surface area contributed by atoms with Crippen molar-refractivity contribution in [1.29, 1.82) is 0 Å². The Morgan fingerprint density at radius 2 is 1.75 bits per heavy atom. The minimum Gasteiger partial charge on any atom is -0.339 e. The van der Waals surface area contributed by atoms with Gasteiger partial charge in [0.25, 0.3) is 10.2 Å². The van der Waals surface area contributed by atoms with E-state index < -0.39 is 10.2 Å². The van der Waals surface area contributed by atoms with E-state index >= 15 is 0 Å². The molecule has 2 aliphatic rings. The standard InChI is InChI=1S/C14H23N5O3S2/c1-16-7-4-15-14(16)23-12-13(20)17-8-10-19(11-9-17)24(21,22)18-5-2-3-6-18/h4,7H,2-3,5-6,8-12H2,1H3. The van der Waals surface area contributed by atoms with E-state index in [9.17, 15) is 13.2 Å². The summed E-state index contributed by atoms with van der Waals surface area (Å²) in [5.74, 6) is 0.352. The number of aryl methyl sites for hydroxylation is 1. The van der Waals surface area contributed by atoms with Crippen molar-refractivity contribution in [2.45, 2.75) is 18.0 Å². The van der Waals surface area contributed by atoms with E-state index in [1.165, 1.54) is 16.1 Å². The molecule has 0 aromatic carbocycles. The third kappa shape index (κ3) is 3.76. The number of thioether (sulfide) groups is 1. The first kappa shape index (κ1) is 17.7. The van der Waals surface area contributed by atoms with Gasteiger partial charge in [0.15, 0.2) is 5.16 Å². The summed E-state index contributed by atoms with van der Waals surface area (Å²) in [5.41, 5.74) is 0. The molecule has 1 aromatic heterocycles. The Morgan fingerprint density at radius 3 is 2.33 bits per heavy atom. The molecule has 10 heteroatoms. The average Bonchev–Trinajstić information content (AvgIpc) is 3.25. The van der Waals surface area contributed by atoms with Crippen LogP contribution in [0.5, 0.6) is 0 Å². The molecule has 8 nitrogen and oxygen atoms in total. The van der Waals surface area contributed by atoms with Crippen LogP contribution >= 0.6 is 11.8 Å². The van der Waals surface area contributed by atoms with Crippen molar-refractivity contribution in [1.82, 2.24) is 23.1 Å². The van der Waals surface area contributed by atoms with Crippen LogP contribution in [0.15, 0.2) is 17.6 Å². The minimum absolute atomic E-state index is 0.0289. The Bertz CT molecular complexity index is 676. The summed E-state index contributed by atoms with van der Waals surface area (Å²) in [6, 6.07) is 0. The molecule has 3 rings (SSSR count). The van der Waals surface area contributed by atoms with Gasteiger partial charge in [-0.25, -0.2) is 4.98 Å². The lowest BCUT2D eigenvalue weighted by molar-refractivity contribution is -0.129. The second-order valence-corrected chi connectivity index (χ2v) is 8.87. The second kappa shape index (κ2) is 7.42. The van der Waals surface area contributed by atoms with E-state index in [1.807, 2.05) is 17.8 Å². The molecule has 0 atom stereocenters. The zero-order valence-corrected chi connectivity index (χ0v) is 15.4. The van der Waals surface area contributed by atoms with Crippen LogP contribution in [-0.4, -0.2) is 82.4 Å². The maximum Gasteiger partial charge on any atom is 0.282 e. The highest BCUT2D eigenvalue weighted by atomic mass is 32.2. The normalized spacial score (nSPS) is 20.6.